The van der Waals surface area contributed by atoms with Gasteiger partial charge in [-0.1, -0.05) is 54.1 Å². The van der Waals surface area contributed by atoms with E-state index in [0.29, 0.717) is 17.1 Å². The number of aromatic nitrogens is 1. The zero-order valence-corrected chi connectivity index (χ0v) is 19.1. The maximum absolute atomic E-state index is 12.3. The number of para-hydroxylation sites is 1. The third-order valence-corrected chi connectivity index (χ3v) is 7.40. The number of thioether (sulfide) groups is 1. The van der Waals surface area contributed by atoms with Gasteiger partial charge in [0.25, 0.3) is 0 Å². The highest BCUT2D eigenvalue weighted by atomic mass is 35.5. The Hall–Kier alpha value is -2.39. The first-order chi connectivity index (χ1) is 15.0. The molecule has 1 aliphatic rings. The molecule has 1 saturated heterocycles. The van der Waals surface area contributed by atoms with Crippen LogP contribution in [0, 0.1) is 6.92 Å². The number of anilines is 1. The van der Waals surface area contributed by atoms with Gasteiger partial charge in [-0.05, 0) is 19.1 Å². The number of carbonyl (C=O) groups is 2. The van der Waals surface area contributed by atoms with Crippen molar-refractivity contribution in [1.29, 1.82) is 0 Å². The van der Waals surface area contributed by atoms with Crippen LogP contribution in [0.25, 0.3) is 10.6 Å². The molecule has 0 radical (unpaired) electrons. The van der Waals surface area contributed by atoms with Crippen LogP contribution in [0.3, 0.4) is 0 Å². The zero-order valence-electron chi connectivity index (χ0n) is 16.7. The van der Waals surface area contributed by atoms with E-state index >= 15 is 0 Å². The monoisotopic (exact) mass is 472 g/mol. The number of hydrogen-bond acceptors (Lipinski definition) is 6. The lowest BCUT2D eigenvalue weighted by Crippen LogP contribution is -2.51. The van der Waals surface area contributed by atoms with Gasteiger partial charge in [0.1, 0.15) is 10.5 Å². The highest BCUT2D eigenvalue weighted by Gasteiger charge is 2.30. The smallest absolute Gasteiger partial charge is 0.234 e. The van der Waals surface area contributed by atoms with Crippen LogP contribution in [-0.2, 0) is 9.59 Å². The van der Waals surface area contributed by atoms with Crippen molar-refractivity contribution >= 4 is 52.2 Å². The second-order valence-corrected chi connectivity index (χ2v) is 9.58. The summed E-state index contributed by atoms with van der Waals surface area (Å²) in [5.41, 5.74) is 2.17. The van der Waals surface area contributed by atoms with Crippen molar-refractivity contribution in [2.24, 2.45) is 0 Å². The Bertz CT molecular complexity index is 1090. The van der Waals surface area contributed by atoms with E-state index in [9.17, 15) is 9.59 Å². The van der Waals surface area contributed by atoms with E-state index in [1.807, 2.05) is 43.3 Å². The average Bonchev–Trinajstić information content (AvgIpc) is 3.16. The predicted octanol–water partition coefficient (Wildman–Crippen LogP) is 4.58. The van der Waals surface area contributed by atoms with Crippen molar-refractivity contribution in [3.8, 4) is 10.6 Å². The van der Waals surface area contributed by atoms with Crippen LogP contribution >= 0.6 is 34.7 Å². The fraction of sp³-hybridized carbons (Fsp3) is 0.227. The second kappa shape index (κ2) is 9.82. The molecular formula is C22H21ClN4O2S2. The standard InChI is InChI=1S/C22H21ClN4O2S2/c1-13-20(31-21(24-13)14-7-3-2-4-8-14)17-11-18(28)27-22(26-17)30-12-19(29)25-16-10-6-5-9-15(16)23/h2-10,17,22,26H,11-12H2,1H3,(H,25,29)(H,27,28). The largest absolute Gasteiger partial charge is 0.332 e. The molecule has 9 heteroatoms. The number of carbonyl (C=O) groups excluding carboxylic acids is 2. The minimum atomic E-state index is -0.370. The van der Waals surface area contributed by atoms with Gasteiger partial charge in [0, 0.05) is 16.9 Å². The van der Waals surface area contributed by atoms with Gasteiger partial charge in [0.2, 0.25) is 11.8 Å². The summed E-state index contributed by atoms with van der Waals surface area (Å²) < 4.78 is 0. The van der Waals surface area contributed by atoms with Gasteiger partial charge in [0.05, 0.1) is 28.2 Å². The summed E-state index contributed by atoms with van der Waals surface area (Å²) >= 11 is 9.01. The van der Waals surface area contributed by atoms with E-state index in [1.165, 1.54) is 11.8 Å². The molecule has 6 nitrogen and oxygen atoms in total. The van der Waals surface area contributed by atoms with Crippen molar-refractivity contribution in [1.82, 2.24) is 15.6 Å². The Morgan fingerprint density at radius 2 is 1.97 bits per heavy atom. The molecule has 3 aromatic rings. The van der Waals surface area contributed by atoms with Crippen molar-refractivity contribution in [3.05, 3.63) is 70.2 Å². The predicted molar refractivity (Wildman–Crippen MR) is 127 cm³/mol. The van der Waals surface area contributed by atoms with Crippen LogP contribution in [-0.4, -0.2) is 28.0 Å². The van der Waals surface area contributed by atoms with E-state index in [-0.39, 0.29) is 29.1 Å². The third kappa shape index (κ3) is 5.46. The topological polar surface area (TPSA) is 83.1 Å². The van der Waals surface area contributed by atoms with Gasteiger partial charge in [0.15, 0.2) is 0 Å². The van der Waals surface area contributed by atoms with E-state index in [2.05, 4.69) is 16.0 Å². The second-order valence-electron chi connectivity index (χ2n) is 7.04. The number of aryl methyl sites for hydroxylation is 1. The molecule has 3 N–H and O–H groups in total. The van der Waals surface area contributed by atoms with Crippen LogP contribution < -0.4 is 16.0 Å². The summed E-state index contributed by atoms with van der Waals surface area (Å²) in [6.45, 7) is 1.96. The first-order valence-corrected chi connectivity index (χ1v) is 12.0. The summed E-state index contributed by atoms with van der Waals surface area (Å²) in [4.78, 5) is 30.4. The molecule has 1 aliphatic heterocycles. The minimum absolute atomic E-state index is 0.0539. The maximum atomic E-state index is 12.3. The summed E-state index contributed by atoms with van der Waals surface area (Å²) in [6.07, 6.45) is 0.333. The number of nitrogens with zero attached hydrogens (tertiary/aromatic N) is 1. The average molecular weight is 473 g/mol. The van der Waals surface area contributed by atoms with E-state index < -0.39 is 0 Å². The van der Waals surface area contributed by atoms with Crippen molar-refractivity contribution < 1.29 is 9.59 Å². The number of halogens is 1. The fourth-order valence-corrected chi connectivity index (χ4v) is 5.46. The molecule has 2 atom stereocenters. The van der Waals surface area contributed by atoms with Gasteiger partial charge in [-0.25, -0.2) is 4.98 Å². The molecule has 0 aliphatic carbocycles. The van der Waals surface area contributed by atoms with Gasteiger partial charge in [-0.3, -0.25) is 14.9 Å². The van der Waals surface area contributed by atoms with Crippen molar-refractivity contribution in [2.45, 2.75) is 24.9 Å². The molecule has 31 heavy (non-hydrogen) atoms. The third-order valence-electron chi connectivity index (χ3n) is 4.73. The molecule has 2 heterocycles. The van der Waals surface area contributed by atoms with Crippen molar-refractivity contribution in [2.75, 3.05) is 11.1 Å². The van der Waals surface area contributed by atoms with Gasteiger partial charge < -0.3 is 10.6 Å². The molecule has 160 valence electrons. The van der Waals surface area contributed by atoms with Crippen LogP contribution in [0.2, 0.25) is 5.02 Å². The van der Waals surface area contributed by atoms with E-state index in [0.717, 1.165) is 21.1 Å². The molecule has 4 rings (SSSR count). The molecular weight excluding hydrogens is 452 g/mol. The fourth-order valence-electron chi connectivity index (χ4n) is 3.28. The van der Waals surface area contributed by atoms with E-state index in [1.54, 1.807) is 29.5 Å². The minimum Gasteiger partial charge on any atom is -0.332 e. The number of rotatable bonds is 6. The first-order valence-electron chi connectivity index (χ1n) is 9.74. The lowest BCUT2D eigenvalue weighted by atomic mass is 10.1. The van der Waals surface area contributed by atoms with Crippen LogP contribution in [0.15, 0.2) is 54.6 Å². The highest BCUT2D eigenvalue weighted by molar-refractivity contribution is 8.00. The molecule has 0 bridgehead atoms. The number of thiazole rings is 1. The van der Waals surface area contributed by atoms with Gasteiger partial charge in [-0.2, -0.15) is 0 Å². The van der Waals surface area contributed by atoms with Crippen LogP contribution in [0.5, 0.6) is 0 Å². The van der Waals surface area contributed by atoms with Crippen LogP contribution in [0.1, 0.15) is 23.0 Å². The Labute approximate surface area is 193 Å². The number of amides is 2. The molecule has 0 saturated carbocycles. The molecule has 2 unspecified atom stereocenters. The van der Waals surface area contributed by atoms with E-state index in [4.69, 9.17) is 16.6 Å². The Morgan fingerprint density at radius 3 is 2.74 bits per heavy atom. The number of nitrogens with one attached hydrogen (secondary N) is 3. The molecule has 0 spiro atoms. The molecule has 2 aromatic carbocycles. The summed E-state index contributed by atoms with van der Waals surface area (Å²) in [5.74, 6) is -0.0641. The Kier molecular flexibility index (Phi) is 6.92. The number of hydrogen-bond donors (Lipinski definition) is 3. The SMILES string of the molecule is Cc1nc(-c2ccccc2)sc1C1CC(=O)NC(SCC(=O)Nc2ccccc2Cl)N1. The van der Waals surface area contributed by atoms with Gasteiger partial charge >= 0.3 is 0 Å². The highest BCUT2D eigenvalue weighted by Crippen LogP contribution is 2.35. The van der Waals surface area contributed by atoms with Crippen LogP contribution in [0.4, 0.5) is 5.69 Å². The Balaban J connectivity index is 1.39. The lowest BCUT2D eigenvalue weighted by Gasteiger charge is -2.30. The quantitative estimate of drug-likeness (QED) is 0.489. The molecule has 1 fully saturated rings. The first kappa shape index (κ1) is 21.8. The molecule has 1 aromatic heterocycles. The lowest BCUT2D eigenvalue weighted by molar-refractivity contribution is -0.123. The van der Waals surface area contributed by atoms with Gasteiger partial charge in [-0.15, -0.1) is 23.1 Å². The normalized spacial score (nSPS) is 18.5. The maximum Gasteiger partial charge on any atom is 0.234 e. The summed E-state index contributed by atoms with van der Waals surface area (Å²) in [5, 5.41) is 10.5. The summed E-state index contributed by atoms with van der Waals surface area (Å²) in [6, 6.07) is 16.9. The summed E-state index contributed by atoms with van der Waals surface area (Å²) in [7, 11) is 0. The Morgan fingerprint density at radius 1 is 1.23 bits per heavy atom. The van der Waals surface area contributed by atoms with Crippen molar-refractivity contribution in [3.63, 3.8) is 0 Å². The number of benzene rings is 2. The molecule has 2 amide bonds. The zero-order chi connectivity index (χ0) is 21.8.